The van der Waals surface area contributed by atoms with E-state index in [1.165, 1.54) is 11.3 Å². The van der Waals surface area contributed by atoms with Gasteiger partial charge in [-0.1, -0.05) is 17.7 Å². The maximum Gasteiger partial charge on any atom is 0.223 e. The fourth-order valence-electron chi connectivity index (χ4n) is 1.85. The van der Waals surface area contributed by atoms with E-state index < -0.39 is 5.60 Å². The van der Waals surface area contributed by atoms with Gasteiger partial charge in [-0.05, 0) is 47.5 Å². The van der Waals surface area contributed by atoms with Crippen molar-refractivity contribution in [3.63, 3.8) is 0 Å². The van der Waals surface area contributed by atoms with Gasteiger partial charge in [-0.25, -0.2) is 0 Å². The van der Waals surface area contributed by atoms with Gasteiger partial charge >= 0.3 is 0 Å². The molecule has 4 nitrogen and oxygen atoms in total. The number of nitrogens with one attached hydrogen (secondary N) is 1. The molecule has 1 heterocycles. The summed E-state index contributed by atoms with van der Waals surface area (Å²) >= 11 is 7.36. The van der Waals surface area contributed by atoms with Crippen LogP contribution in [-0.2, 0) is 10.4 Å². The topological polar surface area (TPSA) is 58.6 Å². The van der Waals surface area contributed by atoms with Crippen molar-refractivity contribution in [2.45, 2.75) is 18.9 Å². The molecule has 1 amide bonds. The normalized spacial score (nSPS) is 13.4. The van der Waals surface area contributed by atoms with Crippen molar-refractivity contribution in [1.82, 2.24) is 5.32 Å². The zero-order chi connectivity index (χ0) is 16.0. The molecule has 118 valence electrons. The van der Waals surface area contributed by atoms with E-state index >= 15 is 0 Å². The Bertz CT molecular complexity index is 614. The van der Waals surface area contributed by atoms with Crippen molar-refractivity contribution >= 4 is 28.8 Å². The molecule has 6 heteroatoms. The van der Waals surface area contributed by atoms with Gasteiger partial charge in [-0.2, -0.15) is 11.3 Å². The van der Waals surface area contributed by atoms with Gasteiger partial charge in [0, 0.05) is 5.02 Å². The van der Waals surface area contributed by atoms with Crippen molar-refractivity contribution in [2.24, 2.45) is 0 Å². The van der Waals surface area contributed by atoms with Gasteiger partial charge in [0.25, 0.3) is 0 Å². The number of aliphatic hydroxyl groups is 1. The Morgan fingerprint density at radius 3 is 2.95 bits per heavy atom. The number of thiophene rings is 1. The Morgan fingerprint density at radius 2 is 2.27 bits per heavy atom. The molecular formula is C16H18ClNO3S. The molecule has 2 aromatic rings. The van der Waals surface area contributed by atoms with Crippen LogP contribution in [0.15, 0.2) is 41.1 Å². The second-order valence-corrected chi connectivity index (χ2v) is 6.33. The summed E-state index contributed by atoms with van der Waals surface area (Å²) in [5, 5.41) is 17.4. The van der Waals surface area contributed by atoms with Gasteiger partial charge in [0.05, 0.1) is 19.6 Å². The number of carbonyl (C=O) groups is 1. The summed E-state index contributed by atoms with van der Waals surface area (Å²) in [5.74, 6) is 0.461. The summed E-state index contributed by atoms with van der Waals surface area (Å²) in [4.78, 5) is 11.8. The molecular weight excluding hydrogens is 322 g/mol. The number of benzene rings is 1. The highest BCUT2D eigenvalue weighted by atomic mass is 35.5. The molecule has 0 saturated heterocycles. The lowest BCUT2D eigenvalue weighted by molar-refractivity contribution is -0.122. The summed E-state index contributed by atoms with van der Waals surface area (Å²) < 4.78 is 5.46. The fourth-order valence-corrected chi connectivity index (χ4v) is 2.81. The highest BCUT2D eigenvalue weighted by molar-refractivity contribution is 7.08. The number of amides is 1. The van der Waals surface area contributed by atoms with Gasteiger partial charge < -0.3 is 15.2 Å². The van der Waals surface area contributed by atoms with E-state index in [0.29, 0.717) is 10.8 Å². The van der Waals surface area contributed by atoms with Crippen LogP contribution in [0.5, 0.6) is 5.75 Å². The number of rotatable bonds is 7. The molecule has 0 fully saturated rings. The van der Waals surface area contributed by atoms with Crippen LogP contribution >= 0.6 is 22.9 Å². The van der Waals surface area contributed by atoms with Crippen LogP contribution in [0.2, 0.25) is 5.02 Å². The van der Waals surface area contributed by atoms with Crippen LogP contribution in [0.1, 0.15) is 18.9 Å². The van der Waals surface area contributed by atoms with E-state index in [-0.39, 0.29) is 25.5 Å². The molecule has 1 aromatic heterocycles. The van der Waals surface area contributed by atoms with Crippen molar-refractivity contribution < 1.29 is 14.6 Å². The van der Waals surface area contributed by atoms with Gasteiger partial charge in [-0.3, -0.25) is 4.79 Å². The molecule has 0 aliphatic rings. The first kappa shape index (κ1) is 16.8. The predicted molar refractivity (Wildman–Crippen MR) is 88.5 cm³/mol. The SMILES string of the molecule is CC(O)(CNC(=O)CCOc1cccc(Cl)c1)c1ccsc1. The van der Waals surface area contributed by atoms with Crippen LogP contribution in [-0.4, -0.2) is 24.2 Å². The quantitative estimate of drug-likeness (QED) is 0.814. The highest BCUT2D eigenvalue weighted by Gasteiger charge is 2.24. The first-order valence-electron chi connectivity index (χ1n) is 6.87. The summed E-state index contributed by atoms with van der Waals surface area (Å²) in [6.07, 6.45) is 0.215. The largest absolute Gasteiger partial charge is 0.493 e. The zero-order valence-electron chi connectivity index (χ0n) is 12.2. The molecule has 2 N–H and O–H groups in total. The Balaban J connectivity index is 1.72. The summed E-state index contributed by atoms with van der Waals surface area (Å²) in [6.45, 7) is 2.10. The first-order valence-corrected chi connectivity index (χ1v) is 8.19. The van der Waals surface area contributed by atoms with Gasteiger partial charge in [-0.15, -0.1) is 0 Å². The number of ether oxygens (including phenoxy) is 1. The molecule has 0 saturated carbocycles. The van der Waals surface area contributed by atoms with E-state index in [2.05, 4.69) is 5.32 Å². The highest BCUT2D eigenvalue weighted by Crippen LogP contribution is 2.22. The number of hydrogen-bond acceptors (Lipinski definition) is 4. The van der Waals surface area contributed by atoms with Crippen LogP contribution in [0, 0.1) is 0 Å². The lowest BCUT2D eigenvalue weighted by Gasteiger charge is -2.22. The molecule has 1 unspecified atom stereocenters. The Kier molecular flexibility index (Phi) is 5.83. The second kappa shape index (κ2) is 7.63. The van der Waals surface area contributed by atoms with Crippen molar-refractivity contribution in [3.8, 4) is 5.75 Å². The third-order valence-electron chi connectivity index (χ3n) is 3.17. The molecule has 1 aromatic carbocycles. The Hall–Kier alpha value is -1.56. The van der Waals surface area contributed by atoms with Crippen LogP contribution in [0.3, 0.4) is 0 Å². The van der Waals surface area contributed by atoms with Gasteiger partial charge in [0.1, 0.15) is 11.4 Å². The minimum Gasteiger partial charge on any atom is -0.493 e. The predicted octanol–water partition coefficient (Wildman–Crippen LogP) is 3.19. The number of hydrogen-bond donors (Lipinski definition) is 2. The zero-order valence-corrected chi connectivity index (χ0v) is 13.8. The molecule has 0 bridgehead atoms. The molecule has 22 heavy (non-hydrogen) atoms. The molecule has 0 aliphatic heterocycles. The summed E-state index contributed by atoms with van der Waals surface area (Å²) in [5.41, 5.74) is -0.267. The Morgan fingerprint density at radius 1 is 1.45 bits per heavy atom. The fraction of sp³-hybridized carbons (Fsp3) is 0.312. The average Bonchev–Trinajstić information content (AvgIpc) is 3.00. The van der Waals surface area contributed by atoms with Crippen LogP contribution in [0.4, 0.5) is 0 Å². The lowest BCUT2D eigenvalue weighted by Crippen LogP contribution is -2.38. The second-order valence-electron chi connectivity index (χ2n) is 5.12. The molecule has 2 rings (SSSR count). The van der Waals surface area contributed by atoms with Crippen LogP contribution < -0.4 is 10.1 Å². The first-order chi connectivity index (χ1) is 10.5. The molecule has 0 aliphatic carbocycles. The third kappa shape index (κ3) is 5.02. The standard InChI is InChI=1S/C16H18ClNO3S/c1-16(20,12-6-8-22-10-12)11-18-15(19)5-7-21-14-4-2-3-13(17)9-14/h2-4,6,8-10,20H,5,7,11H2,1H3,(H,18,19). The monoisotopic (exact) mass is 339 g/mol. The van der Waals surface area contributed by atoms with Gasteiger partial charge in [0.15, 0.2) is 0 Å². The Labute approximate surface area is 138 Å². The minimum absolute atomic E-state index is 0.166. The third-order valence-corrected chi connectivity index (χ3v) is 4.09. The van der Waals surface area contributed by atoms with E-state index in [9.17, 15) is 9.90 Å². The van der Waals surface area contributed by atoms with E-state index in [1.54, 1.807) is 31.2 Å². The lowest BCUT2D eigenvalue weighted by atomic mass is 9.99. The smallest absolute Gasteiger partial charge is 0.223 e. The average molecular weight is 340 g/mol. The summed E-state index contributed by atoms with van der Waals surface area (Å²) in [7, 11) is 0. The summed E-state index contributed by atoms with van der Waals surface area (Å²) in [6, 6.07) is 8.87. The number of carbonyl (C=O) groups excluding carboxylic acids is 1. The van der Waals surface area contributed by atoms with E-state index in [4.69, 9.17) is 16.3 Å². The molecule has 1 atom stereocenters. The van der Waals surface area contributed by atoms with Crippen molar-refractivity contribution in [1.29, 1.82) is 0 Å². The maximum atomic E-state index is 11.8. The molecule has 0 spiro atoms. The van der Waals surface area contributed by atoms with Gasteiger partial charge in [0.2, 0.25) is 5.91 Å². The maximum absolute atomic E-state index is 11.8. The van der Waals surface area contributed by atoms with E-state index in [1.807, 2.05) is 16.8 Å². The van der Waals surface area contributed by atoms with Crippen LogP contribution in [0.25, 0.3) is 0 Å². The minimum atomic E-state index is -1.07. The van der Waals surface area contributed by atoms with Crippen molar-refractivity contribution in [3.05, 3.63) is 51.7 Å². The van der Waals surface area contributed by atoms with Crippen molar-refractivity contribution in [2.75, 3.05) is 13.2 Å². The van der Waals surface area contributed by atoms with E-state index in [0.717, 1.165) is 5.56 Å². The number of halogens is 1. The molecule has 0 radical (unpaired) electrons.